The number of carbonyl (C=O) groups is 2. The highest BCUT2D eigenvalue weighted by Gasteiger charge is 2.59. The molecule has 1 heterocycles. The van der Waals surface area contributed by atoms with Gasteiger partial charge in [-0.1, -0.05) is 0 Å². The summed E-state index contributed by atoms with van der Waals surface area (Å²) in [6.07, 6.45) is -4.65. The molecule has 0 bridgehead atoms. The van der Waals surface area contributed by atoms with Gasteiger partial charge in [0.15, 0.2) is 0 Å². The number of alkyl halides is 3. The van der Waals surface area contributed by atoms with Crippen LogP contribution < -0.4 is 0 Å². The summed E-state index contributed by atoms with van der Waals surface area (Å²) in [5, 5.41) is 17.8. The normalized spacial score (nSPS) is 33.9. The maximum Gasteiger partial charge on any atom is 0.471 e. The summed E-state index contributed by atoms with van der Waals surface area (Å²) in [5.74, 6) is -4.32. The van der Waals surface area contributed by atoms with Crippen molar-refractivity contribution in [1.82, 2.24) is 4.90 Å². The van der Waals surface area contributed by atoms with Crippen LogP contribution in [0.5, 0.6) is 0 Å². The average Bonchev–Trinajstić information content (AvgIpc) is 2.63. The Kier molecular flexibility index (Phi) is 2.96. The summed E-state index contributed by atoms with van der Waals surface area (Å²) < 4.78 is 37.0. The van der Waals surface area contributed by atoms with Crippen molar-refractivity contribution in [3.8, 4) is 6.07 Å². The second-order valence-corrected chi connectivity index (χ2v) is 5.17. The van der Waals surface area contributed by atoms with Gasteiger partial charge in [-0.25, -0.2) is 0 Å². The summed E-state index contributed by atoms with van der Waals surface area (Å²) in [4.78, 5) is 22.5. The molecule has 2 aliphatic rings. The Morgan fingerprint density at radius 1 is 1.37 bits per heavy atom. The fraction of sp³-hybridized carbons (Fsp3) is 0.727. The number of carboxylic acids is 1. The predicted molar refractivity (Wildman–Crippen MR) is 54.5 cm³/mol. The van der Waals surface area contributed by atoms with Gasteiger partial charge in [0.25, 0.3) is 0 Å². The fourth-order valence-corrected chi connectivity index (χ4v) is 2.99. The molecule has 1 N–H and O–H groups in total. The van der Waals surface area contributed by atoms with Gasteiger partial charge in [-0.15, -0.1) is 0 Å². The standard InChI is InChI=1S/C11H11F3N2O3/c12-11(13,14)9(19)16-4-7(3-15)10(5-16)1-6(2-10)8(17)18/h6-7H,1-2,4-5H2,(H,17,18). The molecule has 0 aromatic heterocycles. The summed E-state index contributed by atoms with van der Waals surface area (Å²) in [6, 6.07) is 1.90. The average molecular weight is 276 g/mol. The lowest BCUT2D eigenvalue weighted by Gasteiger charge is -2.44. The fourth-order valence-electron chi connectivity index (χ4n) is 2.99. The zero-order valence-corrected chi connectivity index (χ0v) is 9.78. The molecule has 2 rings (SSSR count). The monoisotopic (exact) mass is 276 g/mol. The number of nitrogens with zero attached hydrogens (tertiary/aromatic N) is 2. The summed E-state index contributed by atoms with van der Waals surface area (Å²) in [6.45, 7) is -0.464. The van der Waals surface area contributed by atoms with E-state index in [1.54, 1.807) is 0 Å². The Hall–Kier alpha value is -1.78. The number of aliphatic carboxylic acids is 1. The van der Waals surface area contributed by atoms with Crippen molar-refractivity contribution in [3.05, 3.63) is 0 Å². The zero-order chi connectivity index (χ0) is 14.4. The van der Waals surface area contributed by atoms with Gasteiger partial charge in [-0.05, 0) is 12.8 Å². The Balaban J connectivity index is 2.11. The van der Waals surface area contributed by atoms with Crippen molar-refractivity contribution < 1.29 is 27.9 Å². The van der Waals surface area contributed by atoms with Crippen LogP contribution in [0.4, 0.5) is 13.2 Å². The van der Waals surface area contributed by atoms with E-state index in [0.717, 1.165) is 0 Å². The van der Waals surface area contributed by atoms with Crippen LogP contribution in [0.25, 0.3) is 0 Å². The third-order valence-electron chi connectivity index (χ3n) is 3.99. The lowest BCUT2D eigenvalue weighted by atomic mass is 9.57. The van der Waals surface area contributed by atoms with E-state index in [-0.39, 0.29) is 25.9 Å². The van der Waals surface area contributed by atoms with Crippen LogP contribution in [0.3, 0.4) is 0 Å². The molecular formula is C11H11F3N2O3. The molecule has 0 radical (unpaired) electrons. The molecule has 1 spiro atoms. The molecule has 0 aromatic carbocycles. The van der Waals surface area contributed by atoms with E-state index in [2.05, 4.69) is 0 Å². The van der Waals surface area contributed by atoms with Crippen LogP contribution in [0.1, 0.15) is 12.8 Å². The lowest BCUT2D eigenvalue weighted by molar-refractivity contribution is -0.185. The number of likely N-dealkylation sites (tertiary alicyclic amines) is 1. The third-order valence-corrected chi connectivity index (χ3v) is 3.99. The van der Waals surface area contributed by atoms with Crippen LogP contribution in [-0.4, -0.2) is 41.1 Å². The number of rotatable bonds is 1. The van der Waals surface area contributed by atoms with E-state index in [0.29, 0.717) is 4.90 Å². The van der Waals surface area contributed by atoms with E-state index in [9.17, 15) is 22.8 Å². The maximum absolute atomic E-state index is 12.3. The van der Waals surface area contributed by atoms with Crippen LogP contribution in [0, 0.1) is 28.6 Å². The molecule has 1 unspecified atom stereocenters. The SMILES string of the molecule is N#CC1CN(C(=O)C(F)(F)F)CC12CC(C(=O)O)C2. The number of nitriles is 1. The number of halogens is 3. The van der Waals surface area contributed by atoms with Crippen molar-refractivity contribution >= 4 is 11.9 Å². The number of hydrogen-bond donors (Lipinski definition) is 1. The van der Waals surface area contributed by atoms with Crippen molar-refractivity contribution in [2.75, 3.05) is 13.1 Å². The second kappa shape index (κ2) is 4.11. The maximum atomic E-state index is 12.3. The van der Waals surface area contributed by atoms with Crippen molar-refractivity contribution in [2.45, 2.75) is 19.0 Å². The van der Waals surface area contributed by atoms with E-state index < -0.39 is 35.3 Å². The van der Waals surface area contributed by atoms with E-state index in [4.69, 9.17) is 10.4 Å². The van der Waals surface area contributed by atoms with Gasteiger partial charge in [0.1, 0.15) is 0 Å². The molecule has 1 amide bonds. The Morgan fingerprint density at radius 3 is 2.37 bits per heavy atom. The van der Waals surface area contributed by atoms with Gasteiger partial charge in [0, 0.05) is 18.5 Å². The van der Waals surface area contributed by atoms with Crippen LogP contribution in [0.15, 0.2) is 0 Å². The molecule has 1 saturated carbocycles. The largest absolute Gasteiger partial charge is 0.481 e. The van der Waals surface area contributed by atoms with Crippen LogP contribution >= 0.6 is 0 Å². The van der Waals surface area contributed by atoms with Gasteiger partial charge < -0.3 is 10.0 Å². The highest BCUT2D eigenvalue weighted by molar-refractivity contribution is 5.82. The zero-order valence-electron chi connectivity index (χ0n) is 9.78. The highest BCUT2D eigenvalue weighted by atomic mass is 19.4. The van der Waals surface area contributed by atoms with Gasteiger partial charge in [0.2, 0.25) is 0 Å². The number of carboxylic acid groups (broad SMARTS) is 1. The minimum atomic E-state index is -4.96. The summed E-state index contributed by atoms with van der Waals surface area (Å²) >= 11 is 0. The number of carbonyl (C=O) groups excluding carboxylic acids is 1. The van der Waals surface area contributed by atoms with Crippen LogP contribution in [0.2, 0.25) is 0 Å². The predicted octanol–water partition coefficient (Wildman–Crippen LogP) is 1.01. The minimum absolute atomic E-state index is 0.155. The Morgan fingerprint density at radius 2 is 1.95 bits per heavy atom. The molecular weight excluding hydrogens is 265 g/mol. The van der Waals surface area contributed by atoms with Gasteiger partial charge in [-0.3, -0.25) is 9.59 Å². The quantitative estimate of drug-likeness (QED) is 0.775. The highest BCUT2D eigenvalue weighted by Crippen LogP contribution is 2.55. The first-order valence-corrected chi connectivity index (χ1v) is 5.68. The van der Waals surface area contributed by atoms with Gasteiger partial charge >= 0.3 is 18.1 Å². The Labute approximate surface area is 106 Å². The first-order valence-electron chi connectivity index (χ1n) is 5.68. The molecule has 1 atom stereocenters. The third kappa shape index (κ3) is 2.13. The molecule has 104 valence electrons. The molecule has 1 aliphatic heterocycles. The molecule has 19 heavy (non-hydrogen) atoms. The molecule has 1 saturated heterocycles. The van der Waals surface area contributed by atoms with E-state index >= 15 is 0 Å². The summed E-state index contributed by atoms with van der Waals surface area (Å²) in [7, 11) is 0. The number of hydrogen-bond acceptors (Lipinski definition) is 3. The van der Waals surface area contributed by atoms with E-state index in [1.165, 1.54) is 0 Å². The molecule has 8 heteroatoms. The molecule has 1 aliphatic carbocycles. The molecule has 2 fully saturated rings. The summed E-state index contributed by atoms with van der Waals surface area (Å²) in [5.41, 5.74) is -0.779. The lowest BCUT2D eigenvalue weighted by Crippen LogP contribution is -2.47. The topological polar surface area (TPSA) is 81.4 Å². The first kappa shape index (κ1) is 13.6. The van der Waals surface area contributed by atoms with Gasteiger partial charge in [0.05, 0.1) is 17.9 Å². The minimum Gasteiger partial charge on any atom is -0.481 e. The van der Waals surface area contributed by atoms with Gasteiger partial charge in [-0.2, -0.15) is 18.4 Å². The van der Waals surface area contributed by atoms with Crippen molar-refractivity contribution in [3.63, 3.8) is 0 Å². The van der Waals surface area contributed by atoms with Crippen LogP contribution in [-0.2, 0) is 9.59 Å². The smallest absolute Gasteiger partial charge is 0.471 e. The van der Waals surface area contributed by atoms with E-state index in [1.807, 2.05) is 6.07 Å². The number of amides is 1. The second-order valence-electron chi connectivity index (χ2n) is 5.17. The molecule has 0 aromatic rings. The first-order chi connectivity index (χ1) is 8.69. The molecule has 5 nitrogen and oxygen atoms in total. The van der Waals surface area contributed by atoms with Crippen molar-refractivity contribution in [2.24, 2.45) is 17.3 Å². The van der Waals surface area contributed by atoms with Crippen molar-refractivity contribution in [1.29, 1.82) is 5.26 Å². The Bertz CT molecular complexity index is 463.